The Labute approximate surface area is 180 Å². The van der Waals surface area contributed by atoms with E-state index in [1.807, 2.05) is 6.92 Å². The van der Waals surface area contributed by atoms with Crippen LogP contribution >= 0.6 is 11.6 Å². The molecule has 0 amide bonds. The number of hydrogen-bond acceptors (Lipinski definition) is 7. The summed E-state index contributed by atoms with van der Waals surface area (Å²) in [7, 11) is 1.33. The maximum Gasteiger partial charge on any atom is 0.186 e. The van der Waals surface area contributed by atoms with Crippen molar-refractivity contribution in [1.29, 1.82) is 0 Å². The van der Waals surface area contributed by atoms with Gasteiger partial charge in [-0.15, -0.1) is 0 Å². The van der Waals surface area contributed by atoms with Gasteiger partial charge in [0, 0.05) is 17.7 Å². The fourth-order valence-electron chi connectivity index (χ4n) is 3.61. The fourth-order valence-corrected chi connectivity index (χ4v) is 3.91. The molecule has 2 aromatic carbocycles. The van der Waals surface area contributed by atoms with Crippen molar-refractivity contribution in [2.45, 2.75) is 50.2 Å². The Bertz CT molecular complexity index is 853. The van der Waals surface area contributed by atoms with Crippen LogP contribution < -0.4 is 4.74 Å². The third-order valence-electron chi connectivity index (χ3n) is 5.37. The van der Waals surface area contributed by atoms with Gasteiger partial charge in [0.2, 0.25) is 0 Å². The van der Waals surface area contributed by atoms with Gasteiger partial charge in [-0.1, -0.05) is 29.8 Å². The molecule has 1 aliphatic heterocycles. The summed E-state index contributed by atoms with van der Waals surface area (Å²) in [5.74, 6) is 0.689. The van der Waals surface area contributed by atoms with Crippen molar-refractivity contribution in [2.75, 3.05) is 13.7 Å². The molecule has 0 aliphatic carbocycles. The molecule has 1 heterocycles. The monoisotopic (exact) mass is 438 g/mol. The highest BCUT2D eigenvalue weighted by Crippen LogP contribution is 2.39. The molecule has 3 rings (SSSR count). The normalized spacial score (nSPS) is 28.7. The molecule has 2 aromatic rings. The first-order valence-corrected chi connectivity index (χ1v) is 10.1. The highest BCUT2D eigenvalue weighted by atomic mass is 35.5. The third-order valence-corrected chi connectivity index (χ3v) is 5.70. The number of halogens is 1. The molecule has 0 spiro atoms. The number of rotatable bonds is 6. The van der Waals surface area contributed by atoms with Crippen LogP contribution in [-0.4, -0.2) is 58.7 Å². The highest BCUT2D eigenvalue weighted by Gasteiger charge is 2.45. The number of ether oxygens (including phenoxy) is 3. The van der Waals surface area contributed by atoms with Gasteiger partial charge in [0.1, 0.15) is 35.8 Å². The average molecular weight is 439 g/mol. The Morgan fingerprint density at radius 3 is 2.30 bits per heavy atom. The summed E-state index contributed by atoms with van der Waals surface area (Å²) < 4.78 is 16.2. The zero-order chi connectivity index (χ0) is 22.1. The van der Waals surface area contributed by atoms with E-state index in [1.54, 1.807) is 49.4 Å². The van der Waals surface area contributed by atoms with Gasteiger partial charge in [-0.3, -0.25) is 0 Å². The van der Waals surface area contributed by atoms with Gasteiger partial charge >= 0.3 is 0 Å². The van der Waals surface area contributed by atoms with E-state index in [1.165, 1.54) is 7.11 Å². The van der Waals surface area contributed by atoms with E-state index in [4.69, 9.17) is 25.8 Å². The molecule has 1 saturated heterocycles. The summed E-state index contributed by atoms with van der Waals surface area (Å²) in [5, 5.41) is 42.2. The summed E-state index contributed by atoms with van der Waals surface area (Å²) in [6.07, 6.45) is -6.34. The van der Waals surface area contributed by atoms with E-state index in [2.05, 4.69) is 0 Å². The quantitative estimate of drug-likeness (QED) is 0.547. The second-order valence-electron chi connectivity index (χ2n) is 7.40. The van der Waals surface area contributed by atoms with E-state index < -0.39 is 36.3 Å². The standard InChI is InChI=1S/C22H27ClO7/c1-4-29-14-8-6-13(7-9-14)22(2,27)15-11-12(5-10-16(15)23)20-18(25)17(24)19(26)21(28-3)30-20/h5-11,17-21,24-27H,4H2,1-3H3/t17-,18-,19+,20+,21+,22?/m1/s1. The molecule has 7 nitrogen and oxygen atoms in total. The largest absolute Gasteiger partial charge is 0.494 e. The van der Waals surface area contributed by atoms with Crippen LogP contribution in [0.25, 0.3) is 0 Å². The predicted octanol–water partition coefficient (Wildman–Crippen LogP) is 2.12. The van der Waals surface area contributed by atoms with E-state index in [0.717, 1.165) is 0 Å². The van der Waals surface area contributed by atoms with Crippen LogP contribution in [0.4, 0.5) is 0 Å². The van der Waals surface area contributed by atoms with Crippen LogP contribution in [0, 0.1) is 0 Å². The zero-order valence-corrected chi connectivity index (χ0v) is 17.8. The lowest BCUT2D eigenvalue weighted by Gasteiger charge is -2.40. The first kappa shape index (κ1) is 23.0. The first-order valence-electron chi connectivity index (χ1n) is 9.68. The van der Waals surface area contributed by atoms with Crippen LogP contribution in [0.2, 0.25) is 5.02 Å². The lowest BCUT2D eigenvalue weighted by molar-refractivity contribution is -0.292. The van der Waals surface area contributed by atoms with Crippen LogP contribution in [-0.2, 0) is 15.1 Å². The topological polar surface area (TPSA) is 109 Å². The fraction of sp³-hybridized carbons (Fsp3) is 0.455. The van der Waals surface area contributed by atoms with Gasteiger partial charge < -0.3 is 34.6 Å². The number of aliphatic hydroxyl groups excluding tert-OH is 3. The molecular weight excluding hydrogens is 412 g/mol. The van der Waals surface area contributed by atoms with Crippen LogP contribution in [0.3, 0.4) is 0 Å². The maximum atomic E-state index is 11.3. The van der Waals surface area contributed by atoms with Gasteiger partial charge in [-0.25, -0.2) is 0 Å². The van der Waals surface area contributed by atoms with Crippen molar-refractivity contribution in [1.82, 2.24) is 0 Å². The van der Waals surface area contributed by atoms with Gasteiger partial charge in [-0.2, -0.15) is 0 Å². The minimum absolute atomic E-state index is 0.326. The number of benzene rings is 2. The molecule has 4 N–H and O–H groups in total. The minimum atomic E-state index is -1.46. The summed E-state index contributed by atoms with van der Waals surface area (Å²) >= 11 is 6.39. The smallest absolute Gasteiger partial charge is 0.186 e. The van der Waals surface area contributed by atoms with Crippen molar-refractivity contribution >= 4 is 11.6 Å². The van der Waals surface area contributed by atoms with Gasteiger partial charge in [-0.05, 0) is 49.2 Å². The summed E-state index contributed by atoms with van der Waals surface area (Å²) in [6.45, 7) is 4.04. The molecule has 0 radical (unpaired) electrons. The number of methoxy groups -OCH3 is 1. The first-order chi connectivity index (χ1) is 14.2. The molecule has 1 aliphatic rings. The number of aliphatic hydroxyl groups is 4. The van der Waals surface area contributed by atoms with E-state index in [-0.39, 0.29) is 0 Å². The van der Waals surface area contributed by atoms with Crippen molar-refractivity contribution in [3.63, 3.8) is 0 Å². The SMILES string of the molecule is CCOc1ccc(C(C)(O)c2cc([C@@H]3O[C@H](OC)[C@@H](O)[C@H](O)[C@H]3O)ccc2Cl)cc1. The van der Waals surface area contributed by atoms with Crippen molar-refractivity contribution in [2.24, 2.45) is 0 Å². The van der Waals surface area contributed by atoms with Gasteiger partial charge in [0.05, 0.1) is 6.61 Å². The Kier molecular flexibility index (Phi) is 7.04. The molecular formula is C22H27ClO7. The van der Waals surface area contributed by atoms with Crippen LogP contribution in [0.5, 0.6) is 5.75 Å². The summed E-state index contributed by atoms with van der Waals surface area (Å²) in [4.78, 5) is 0. The van der Waals surface area contributed by atoms with Crippen molar-refractivity contribution in [3.8, 4) is 5.75 Å². The Morgan fingerprint density at radius 1 is 1.03 bits per heavy atom. The lowest BCUT2D eigenvalue weighted by atomic mass is 9.85. The molecule has 164 valence electrons. The molecule has 1 fully saturated rings. The Balaban J connectivity index is 1.96. The van der Waals surface area contributed by atoms with Crippen LogP contribution in [0.1, 0.15) is 36.6 Å². The average Bonchev–Trinajstić information content (AvgIpc) is 2.73. The summed E-state index contributed by atoms with van der Waals surface area (Å²) in [6, 6.07) is 11.9. The Hall–Kier alpha value is -1.71. The molecule has 30 heavy (non-hydrogen) atoms. The van der Waals surface area contributed by atoms with Crippen molar-refractivity contribution in [3.05, 3.63) is 64.2 Å². The second kappa shape index (κ2) is 9.20. The molecule has 0 saturated carbocycles. The van der Waals surface area contributed by atoms with E-state index in [9.17, 15) is 20.4 Å². The lowest BCUT2D eigenvalue weighted by Crippen LogP contribution is -2.54. The number of hydrogen-bond donors (Lipinski definition) is 4. The van der Waals surface area contributed by atoms with Crippen molar-refractivity contribution < 1.29 is 34.6 Å². The molecule has 0 bridgehead atoms. The zero-order valence-electron chi connectivity index (χ0n) is 17.0. The third kappa shape index (κ3) is 4.33. The predicted molar refractivity (Wildman–Crippen MR) is 110 cm³/mol. The molecule has 0 aromatic heterocycles. The van der Waals surface area contributed by atoms with E-state index in [0.29, 0.717) is 34.1 Å². The maximum absolute atomic E-state index is 11.3. The van der Waals surface area contributed by atoms with Crippen LogP contribution in [0.15, 0.2) is 42.5 Å². The Morgan fingerprint density at radius 2 is 1.70 bits per heavy atom. The second-order valence-corrected chi connectivity index (χ2v) is 7.81. The highest BCUT2D eigenvalue weighted by molar-refractivity contribution is 6.31. The summed E-state index contributed by atoms with van der Waals surface area (Å²) in [5.41, 5.74) is 0.0219. The molecule has 8 heteroatoms. The molecule has 6 atom stereocenters. The van der Waals surface area contributed by atoms with Gasteiger partial charge in [0.25, 0.3) is 0 Å². The van der Waals surface area contributed by atoms with E-state index >= 15 is 0 Å². The van der Waals surface area contributed by atoms with Gasteiger partial charge in [0.15, 0.2) is 6.29 Å². The molecule has 1 unspecified atom stereocenters. The minimum Gasteiger partial charge on any atom is -0.494 e.